The zero-order chi connectivity index (χ0) is 23.4. The van der Waals surface area contributed by atoms with Crippen LogP contribution in [0.2, 0.25) is 0 Å². The number of amides is 2. The Balaban J connectivity index is 1.74. The van der Waals surface area contributed by atoms with Gasteiger partial charge in [-0.25, -0.2) is 13.8 Å². The van der Waals surface area contributed by atoms with Crippen molar-refractivity contribution in [2.45, 2.75) is 26.0 Å². The fourth-order valence-electron chi connectivity index (χ4n) is 3.45. The van der Waals surface area contributed by atoms with Crippen molar-refractivity contribution < 1.29 is 23.5 Å². The van der Waals surface area contributed by atoms with Crippen molar-refractivity contribution in [3.63, 3.8) is 0 Å². The smallest absolute Gasteiger partial charge is 0.272 e. The van der Waals surface area contributed by atoms with Gasteiger partial charge in [-0.15, -0.1) is 11.3 Å². The Hall–Kier alpha value is -3.37. The number of pyridine rings is 1. The van der Waals surface area contributed by atoms with Crippen LogP contribution >= 0.6 is 11.3 Å². The summed E-state index contributed by atoms with van der Waals surface area (Å²) < 4.78 is 29.6. The Labute approximate surface area is 186 Å². The summed E-state index contributed by atoms with van der Waals surface area (Å²) in [6.07, 6.45) is 0. The molecular weight excluding hydrogens is 438 g/mol. The Morgan fingerprint density at radius 2 is 1.91 bits per heavy atom. The van der Waals surface area contributed by atoms with Gasteiger partial charge in [0.25, 0.3) is 11.8 Å². The molecule has 7 nitrogen and oxygen atoms in total. The number of aliphatic hydroxyl groups is 1. The van der Waals surface area contributed by atoms with Gasteiger partial charge in [-0.05, 0) is 43.7 Å². The fraction of sp³-hybridized carbons (Fsp3) is 0.227. The van der Waals surface area contributed by atoms with Crippen LogP contribution in [0.5, 0.6) is 0 Å². The number of carbonyl (C=O) groups is 2. The van der Waals surface area contributed by atoms with Gasteiger partial charge in [-0.2, -0.15) is 0 Å². The number of nitrogens with zero attached hydrogens (tertiary/aromatic N) is 2. The zero-order valence-corrected chi connectivity index (χ0v) is 18.3. The number of nitrogens with two attached hydrogens (primary N) is 1. The van der Waals surface area contributed by atoms with Crippen LogP contribution in [-0.4, -0.2) is 33.9 Å². The van der Waals surface area contributed by atoms with Crippen LogP contribution in [0.1, 0.15) is 45.8 Å². The second-order valence-electron chi connectivity index (χ2n) is 8.08. The fourth-order valence-corrected chi connectivity index (χ4v) is 4.57. The van der Waals surface area contributed by atoms with E-state index in [9.17, 15) is 23.5 Å². The van der Waals surface area contributed by atoms with E-state index in [2.05, 4.69) is 10.3 Å². The Bertz CT molecular complexity index is 1240. The molecule has 4 N–H and O–H groups in total. The van der Waals surface area contributed by atoms with Crippen molar-refractivity contribution in [2.75, 3.05) is 12.4 Å². The average Bonchev–Trinajstić information content (AvgIpc) is 3.22. The highest BCUT2D eigenvalue weighted by Gasteiger charge is 2.27. The lowest BCUT2D eigenvalue weighted by Gasteiger charge is -2.18. The zero-order valence-electron chi connectivity index (χ0n) is 17.5. The molecule has 0 fully saturated rings. The molecule has 2 aromatic heterocycles. The van der Waals surface area contributed by atoms with Crippen LogP contribution in [0.25, 0.3) is 10.4 Å². The largest absolute Gasteiger partial charge is 0.386 e. The van der Waals surface area contributed by atoms with Crippen molar-refractivity contribution >= 4 is 34.0 Å². The standard InChI is InChI=1S/C22H20F2N4O3S/c1-22(2,31)11-6-13(23)17(14(24)7-11)15-8-12(19(25)29)20(32-15)27-16-5-4-10-9-28(3)21(30)18(10)26-16/h4-8,31H,9H2,1-3H3,(H2,25,29)(H,26,27). The quantitative estimate of drug-likeness (QED) is 0.540. The molecule has 0 saturated heterocycles. The summed E-state index contributed by atoms with van der Waals surface area (Å²) in [4.78, 5) is 30.2. The molecule has 3 aromatic rings. The molecule has 32 heavy (non-hydrogen) atoms. The minimum atomic E-state index is -1.43. The number of nitrogens with one attached hydrogen (secondary N) is 1. The van der Waals surface area contributed by atoms with Crippen LogP contribution in [0.4, 0.5) is 19.6 Å². The first-order valence-electron chi connectivity index (χ1n) is 9.64. The predicted molar refractivity (Wildman–Crippen MR) is 117 cm³/mol. The van der Waals surface area contributed by atoms with Gasteiger partial charge in [-0.3, -0.25) is 9.59 Å². The van der Waals surface area contributed by atoms with Crippen LogP contribution in [0, 0.1) is 11.6 Å². The topological polar surface area (TPSA) is 109 Å². The lowest BCUT2D eigenvalue weighted by molar-refractivity contribution is 0.0777. The second kappa shape index (κ2) is 7.64. The minimum absolute atomic E-state index is 0.0288. The molecular formula is C22H20F2N4O3S. The van der Waals surface area contributed by atoms with Crippen molar-refractivity contribution in [1.29, 1.82) is 0 Å². The molecule has 10 heteroatoms. The molecule has 0 unspecified atom stereocenters. The van der Waals surface area contributed by atoms with Crippen LogP contribution < -0.4 is 11.1 Å². The molecule has 3 heterocycles. The number of primary amides is 1. The number of rotatable bonds is 5. The molecule has 0 radical (unpaired) electrons. The van der Waals surface area contributed by atoms with Crippen molar-refractivity contribution in [3.05, 3.63) is 64.4 Å². The van der Waals surface area contributed by atoms with Gasteiger partial charge in [0.2, 0.25) is 0 Å². The number of anilines is 2. The SMILES string of the molecule is CN1Cc2ccc(Nc3sc(-c4c(F)cc(C(C)(C)O)cc4F)cc3C(N)=O)nc2C1=O. The molecule has 0 bridgehead atoms. The molecule has 1 aliphatic heterocycles. The summed E-state index contributed by atoms with van der Waals surface area (Å²) in [7, 11) is 1.67. The van der Waals surface area contributed by atoms with E-state index >= 15 is 0 Å². The Kier molecular flexibility index (Phi) is 5.22. The maximum atomic E-state index is 14.8. The first-order chi connectivity index (χ1) is 15.0. The maximum absolute atomic E-state index is 14.8. The van der Waals surface area contributed by atoms with Crippen LogP contribution in [0.15, 0.2) is 30.3 Å². The van der Waals surface area contributed by atoms with E-state index in [4.69, 9.17) is 5.73 Å². The Morgan fingerprint density at radius 3 is 2.50 bits per heavy atom. The maximum Gasteiger partial charge on any atom is 0.272 e. The van der Waals surface area contributed by atoms with E-state index in [0.29, 0.717) is 18.1 Å². The molecule has 0 saturated carbocycles. The Morgan fingerprint density at radius 1 is 1.25 bits per heavy atom. The number of halogens is 2. The first-order valence-corrected chi connectivity index (χ1v) is 10.5. The summed E-state index contributed by atoms with van der Waals surface area (Å²) in [6, 6.07) is 6.81. The third-order valence-electron chi connectivity index (χ3n) is 5.17. The van der Waals surface area contributed by atoms with Gasteiger partial charge < -0.3 is 21.1 Å². The number of hydrogen-bond donors (Lipinski definition) is 3. The minimum Gasteiger partial charge on any atom is -0.386 e. The van der Waals surface area contributed by atoms with E-state index < -0.39 is 23.1 Å². The van der Waals surface area contributed by atoms with Gasteiger partial charge in [-0.1, -0.05) is 6.07 Å². The molecule has 4 rings (SSSR count). The molecule has 2 amide bonds. The number of fused-ring (bicyclic) bond motifs is 1. The first kappa shape index (κ1) is 21.8. The second-order valence-corrected chi connectivity index (χ2v) is 9.13. The summed E-state index contributed by atoms with van der Waals surface area (Å²) in [6.45, 7) is 3.30. The molecule has 1 aromatic carbocycles. The lowest BCUT2D eigenvalue weighted by atomic mass is 9.96. The van der Waals surface area contributed by atoms with Crippen molar-refractivity contribution in [3.8, 4) is 10.4 Å². The monoisotopic (exact) mass is 458 g/mol. The molecule has 166 valence electrons. The van der Waals surface area contributed by atoms with Gasteiger partial charge in [0.05, 0.1) is 16.7 Å². The summed E-state index contributed by atoms with van der Waals surface area (Å²) >= 11 is 0.922. The van der Waals surface area contributed by atoms with Gasteiger partial charge in [0.1, 0.15) is 28.1 Å². The normalized spacial score (nSPS) is 13.4. The van der Waals surface area contributed by atoms with E-state index in [1.165, 1.54) is 24.8 Å². The van der Waals surface area contributed by atoms with Gasteiger partial charge in [0, 0.05) is 24.0 Å². The lowest BCUT2D eigenvalue weighted by Crippen LogP contribution is -2.18. The molecule has 1 aliphatic rings. The third-order valence-corrected chi connectivity index (χ3v) is 6.24. The highest BCUT2D eigenvalue weighted by atomic mass is 32.1. The van der Waals surface area contributed by atoms with E-state index in [0.717, 1.165) is 29.0 Å². The highest BCUT2D eigenvalue weighted by molar-refractivity contribution is 7.20. The van der Waals surface area contributed by atoms with E-state index in [1.807, 2.05) is 0 Å². The average molecular weight is 458 g/mol. The number of aromatic nitrogens is 1. The number of hydrogen-bond acceptors (Lipinski definition) is 6. The van der Waals surface area contributed by atoms with Crippen LogP contribution in [0.3, 0.4) is 0 Å². The molecule has 0 spiro atoms. The molecule has 0 atom stereocenters. The predicted octanol–water partition coefficient (Wildman–Crippen LogP) is 3.74. The van der Waals surface area contributed by atoms with Crippen molar-refractivity contribution in [2.24, 2.45) is 5.73 Å². The number of thiophene rings is 1. The third kappa shape index (κ3) is 3.82. The van der Waals surface area contributed by atoms with E-state index in [1.54, 1.807) is 19.2 Å². The summed E-state index contributed by atoms with van der Waals surface area (Å²) in [5.74, 6) is -2.48. The van der Waals surface area contributed by atoms with E-state index in [-0.39, 0.29) is 32.5 Å². The van der Waals surface area contributed by atoms with Gasteiger partial charge in [0.15, 0.2) is 0 Å². The summed E-state index contributed by atoms with van der Waals surface area (Å²) in [5.41, 5.74) is 4.90. The number of carbonyl (C=O) groups excluding carboxylic acids is 2. The van der Waals surface area contributed by atoms with Gasteiger partial charge >= 0.3 is 0 Å². The molecule has 0 aliphatic carbocycles. The number of benzene rings is 1. The highest BCUT2D eigenvalue weighted by Crippen LogP contribution is 2.40. The van der Waals surface area contributed by atoms with Crippen LogP contribution in [-0.2, 0) is 12.1 Å². The van der Waals surface area contributed by atoms with Crippen molar-refractivity contribution in [1.82, 2.24) is 9.88 Å². The summed E-state index contributed by atoms with van der Waals surface area (Å²) in [5, 5.41) is 13.2.